The van der Waals surface area contributed by atoms with Gasteiger partial charge in [0.25, 0.3) is 5.56 Å². The normalized spacial score (nSPS) is 12.4. The molecule has 1 amide bonds. The third kappa shape index (κ3) is 3.65. The van der Waals surface area contributed by atoms with Crippen molar-refractivity contribution in [3.63, 3.8) is 0 Å². The number of aromatic nitrogens is 2. The Balaban J connectivity index is 1.95. The Morgan fingerprint density at radius 1 is 1.44 bits per heavy atom. The molecule has 3 aromatic heterocycles. The van der Waals surface area contributed by atoms with Crippen molar-refractivity contribution in [2.75, 3.05) is 6.54 Å². The van der Waals surface area contributed by atoms with Gasteiger partial charge in [0, 0.05) is 29.4 Å². The van der Waals surface area contributed by atoms with Crippen molar-refractivity contribution in [1.82, 2.24) is 14.9 Å². The summed E-state index contributed by atoms with van der Waals surface area (Å²) in [4.78, 5) is 31.4. The van der Waals surface area contributed by atoms with Crippen LogP contribution in [0.4, 0.5) is 0 Å². The summed E-state index contributed by atoms with van der Waals surface area (Å²) in [7, 11) is 1.71. The Bertz CT molecular complexity index is 944. The first-order valence-corrected chi connectivity index (χ1v) is 10.6. The Hall–Kier alpha value is -1.64. The van der Waals surface area contributed by atoms with E-state index in [1.165, 1.54) is 23.1 Å². The molecule has 8 heteroatoms. The van der Waals surface area contributed by atoms with Crippen LogP contribution >= 0.6 is 34.4 Å². The number of fused-ring (bicyclic) bond motifs is 1. The van der Waals surface area contributed by atoms with Crippen LogP contribution in [0, 0.1) is 0 Å². The molecule has 0 fully saturated rings. The van der Waals surface area contributed by atoms with E-state index in [9.17, 15) is 9.59 Å². The molecule has 1 unspecified atom stereocenters. The molecule has 0 saturated carbocycles. The molecule has 3 heterocycles. The molecule has 0 spiro atoms. The van der Waals surface area contributed by atoms with Gasteiger partial charge in [-0.15, -0.1) is 22.7 Å². The molecular weight excluding hydrogens is 374 g/mol. The van der Waals surface area contributed by atoms with Crippen molar-refractivity contribution in [1.29, 1.82) is 0 Å². The highest BCUT2D eigenvalue weighted by Crippen LogP contribution is 2.34. The highest BCUT2D eigenvalue weighted by atomic mass is 32.2. The molecule has 25 heavy (non-hydrogen) atoms. The maximum absolute atomic E-state index is 12.9. The summed E-state index contributed by atoms with van der Waals surface area (Å²) in [5.41, 5.74) is 0.867. The Kier molecular flexibility index (Phi) is 5.61. The molecule has 0 radical (unpaired) electrons. The molecular formula is C17H19N3O2S3. The Morgan fingerprint density at radius 3 is 2.92 bits per heavy atom. The van der Waals surface area contributed by atoms with Gasteiger partial charge in [-0.1, -0.05) is 24.8 Å². The molecule has 0 aliphatic carbocycles. The molecule has 0 aromatic carbocycles. The van der Waals surface area contributed by atoms with E-state index in [0.717, 1.165) is 21.7 Å². The van der Waals surface area contributed by atoms with Gasteiger partial charge < -0.3 is 5.32 Å². The standard InChI is InChI=1S/C17H19N3O2S3/c1-4-7-18-14(21)10(2)25-17-19-15-13(16(22)20(17)3)11(9-24-15)12-6-5-8-23-12/h5-6,8-10H,4,7H2,1-3H3,(H,18,21). The number of thiophene rings is 2. The number of nitrogens with one attached hydrogen (secondary N) is 1. The summed E-state index contributed by atoms with van der Waals surface area (Å²) >= 11 is 4.39. The maximum atomic E-state index is 12.9. The second-order valence-corrected chi connectivity index (χ2v) is 8.73. The summed E-state index contributed by atoms with van der Waals surface area (Å²) in [5, 5.41) is 7.77. The van der Waals surface area contributed by atoms with Gasteiger partial charge in [-0.3, -0.25) is 14.2 Å². The van der Waals surface area contributed by atoms with Crippen LogP contribution in [-0.4, -0.2) is 27.3 Å². The first kappa shape index (κ1) is 18.2. The van der Waals surface area contributed by atoms with Crippen LogP contribution in [-0.2, 0) is 11.8 Å². The van der Waals surface area contributed by atoms with Crippen molar-refractivity contribution in [3.8, 4) is 10.4 Å². The van der Waals surface area contributed by atoms with Crippen molar-refractivity contribution in [3.05, 3.63) is 33.2 Å². The Labute approximate surface area is 158 Å². The quantitative estimate of drug-likeness (QED) is 0.512. The van der Waals surface area contributed by atoms with Crippen molar-refractivity contribution < 1.29 is 4.79 Å². The number of thioether (sulfide) groups is 1. The lowest BCUT2D eigenvalue weighted by atomic mass is 10.2. The zero-order valence-corrected chi connectivity index (χ0v) is 16.7. The third-order valence-electron chi connectivity index (χ3n) is 3.76. The number of carbonyl (C=O) groups excluding carboxylic acids is 1. The smallest absolute Gasteiger partial charge is 0.263 e. The van der Waals surface area contributed by atoms with Crippen molar-refractivity contribution in [2.24, 2.45) is 7.05 Å². The van der Waals surface area contributed by atoms with Crippen LogP contribution in [0.5, 0.6) is 0 Å². The number of amides is 1. The predicted molar refractivity (Wildman–Crippen MR) is 107 cm³/mol. The average molecular weight is 394 g/mol. The number of nitrogens with zero attached hydrogens (tertiary/aromatic N) is 2. The zero-order chi connectivity index (χ0) is 18.0. The van der Waals surface area contributed by atoms with Gasteiger partial charge in [-0.25, -0.2) is 4.98 Å². The third-order valence-corrected chi connectivity index (χ3v) is 6.68. The first-order valence-electron chi connectivity index (χ1n) is 7.99. The van der Waals surface area contributed by atoms with Crippen LogP contribution in [0.25, 0.3) is 20.7 Å². The monoisotopic (exact) mass is 393 g/mol. The molecule has 0 saturated heterocycles. The topological polar surface area (TPSA) is 64.0 Å². The van der Waals surface area contributed by atoms with Crippen LogP contribution in [0.2, 0.25) is 0 Å². The lowest BCUT2D eigenvalue weighted by Gasteiger charge is -2.13. The second-order valence-electron chi connectivity index (χ2n) is 5.62. The number of hydrogen-bond acceptors (Lipinski definition) is 6. The number of carbonyl (C=O) groups is 1. The van der Waals surface area contributed by atoms with Gasteiger partial charge in [-0.2, -0.15) is 0 Å². The van der Waals surface area contributed by atoms with Gasteiger partial charge in [0.1, 0.15) is 4.83 Å². The lowest BCUT2D eigenvalue weighted by molar-refractivity contribution is -0.120. The molecule has 1 atom stereocenters. The van der Waals surface area contributed by atoms with Gasteiger partial charge >= 0.3 is 0 Å². The highest BCUT2D eigenvalue weighted by Gasteiger charge is 2.20. The lowest BCUT2D eigenvalue weighted by Crippen LogP contribution is -2.32. The maximum Gasteiger partial charge on any atom is 0.263 e. The van der Waals surface area contributed by atoms with Crippen LogP contribution in [0.3, 0.4) is 0 Å². The average Bonchev–Trinajstić information content (AvgIpc) is 3.26. The molecule has 3 aromatic rings. The van der Waals surface area contributed by atoms with Crippen LogP contribution < -0.4 is 10.9 Å². The van der Waals surface area contributed by atoms with Gasteiger partial charge in [0.2, 0.25) is 5.91 Å². The molecule has 3 rings (SSSR count). The molecule has 0 bridgehead atoms. The van der Waals surface area contributed by atoms with E-state index in [0.29, 0.717) is 17.1 Å². The first-order chi connectivity index (χ1) is 12.0. The van der Waals surface area contributed by atoms with Gasteiger partial charge in [0.05, 0.1) is 10.6 Å². The van der Waals surface area contributed by atoms with E-state index in [2.05, 4.69) is 10.3 Å². The summed E-state index contributed by atoms with van der Waals surface area (Å²) in [6.45, 7) is 4.50. The van der Waals surface area contributed by atoms with E-state index < -0.39 is 0 Å². The highest BCUT2D eigenvalue weighted by molar-refractivity contribution is 8.00. The van der Waals surface area contributed by atoms with E-state index in [1.807, 2.05) is 36.7 Å². The van der Waals surface area contributed by atoms with E-state index in [-0.39, 0.29) is 16.7 Å². The number of rotatable bonds is 6. The fourth-order valence-corrected chi connectivity index (χ4v) is 5.08. The van der Waals surface area contributed by atoms with Crippen molar-refractivity contribution in [2.45, 2.75) is 30.7 Å². The summed E-state index contributed by atoms with van der Waals surface area (Å²) in [6, 6.07) is 3.98. The SMILES string of the molecule is CCCNC(=O)C(C)Sc1nc2scc(-c3cccs3)c2c(=O)n1C. The van der Waals surface area contributed by atoms with E-state index >= 15 is 0 Å². The molecule has 0 aliphatic rings. The fourth-order valence-electron chi connectivity index (χ4n) is 2.38. The largest absolute Gasteiger partial charge is 0.355 e. The van der Waals surface area contributed by atoms with Gasteiger partial charge in [0.15, 0.2) is 5.16 Å². The minimum atomic E-state index is -0.307. The van der Waals surface area contributed by atoms with Gasteiger partial charge in [-0.05, 0) is 24.8 Å². The summed E-state index contributed by atoms with van der Waals surface area (Å²) in [5.74, 6) is -0.0355. The molecule has 0 aliphatic heterocycles. The Morgan fingerprint density at radius 2 is 2.24 bits per heavy atom. The van der Waals surface area contributed by atoms with Crippen LogP contribution in [0.15, 0.2) is 32.8 Å². The zero-order valence-electron chi connectivity index (χ0n) is 14.2. The minimum absolute atomic E-state index is 0.0355. The molecule has 1 N–H and O–H groups in total. The second kappa shape index (κ2) is 7.72. The van der Waals surface area contributed by atoms with Crippen LogP contribution in [0.1, 0.15) is 20.3 Å². The minimum Gasteiger partial charge on any atom is -0.355 e. The number of hydrogen-bond donors (Lipinski definition) is 1. The van der Waals surface area contributed by atoms with E-state index in [4.69, 9.17) is 0 Å². The fraction of sp³-hybridized carbons (Fsp3) is 0.353. The predicted octanol–water partition coefficient (Wildman–Crippen LogP) is 3.73. The van der Waals surface area contributed by atoms with E-state index in [1.54, 1.807) is 23.0 Å². The molecule has 5 nitrogen and oxygen atoms in total. The van der Waals surface area contributed by atoms with Crippen molar-refractivity contribution >= 4 is 50.6 Å². The summed E-state index contributed by atoms with van der Waals surface area (Å²) in [6.07, 6.45) is 0.895. The molecule has 132 valence electrons. The summed E-state index contributed by atoms with van der Waals surface area (Å²) < 4.78 is 1.54.